The van der Waals surface area contributed by atoms with E-state index in [1.807, 2.05) is 19.1 Å². The summed E-state index contributed by atoms with van der Waals surface area (Å²) in [5.41, 5.74) is 1.58. The van der Waals surface area contributed by atoms with Crippen molar-refractivity contribution in [3.63, 3.8) is 0 Å². The molecule has 0 aliphatic rings. The monoisotopic (exact) mass is 321 g/mol. The van der Waals surface area contributed by atoms with Gasteiger partial charge in [0.1, 0.15) is 5.58 Å². The summed E-state index contributed by atoms with van der Waals surface area (Å²) < 4.78 is 34.8. The summed E-state index contributed by atoms with van der Waals surface area (Å²) in [6, 6.07) is 6.43. The quantitative estimate of drug-likeness (QED) is 0.794. The van der Waals surface area contributed by atoms with Gasteiger partial charge in [0.25, 0.3) is 11.8 Å². The Labute approximate surface area is 129 Å². The summed E-state index contributed by atoms with van der Waals surface area (Å²) in [6.07, 6.45) is -2.85. The van der Waals surface area contributed by atoms with E-state index in [-0.39, 0.29) is 11.6 Å². The van der Waals surface area contributed by atoms with Crippen LogP contribution in [0.4, 0.5) is 8.78 Å². The van der Waals surface area contributed by atoms with E-state index in [2.05, 4.69) is 20.0 Å². The first-order valence-electron chi connectivity index (χ1n) is 6.87. The van der Waals surface area contributed by atoms with Gasteiger partial charge in [-0.2, -0.15) is 13.8 Å². The molecule has 6 nitrogen and oxygen atoms in total. The molecule has 1 unspecified atom stereocenters. The molecule has 2 heterocycles. The molecule has 0 bridgehead atoms. The summed E-state index contributed by atoms with van der Waals surface area (Å²) in [4.78, 5) is 15.8. The normalized spacial score (nSPS) is 12.7. The predicted octanol–water partition coefficient (Wildman–Crippen LogP) is 3.55. The van der Waals surface area contributed by atoms with Gasteiger partial charge in [0.05, 0.1) is 6.04 Å². The number of hydrogen-bond acceptors (Lipinski definition) is 5. The molecule has 3 rings (SSSR count). The SMILES string of the molecule is Cc1cccc2oc(C(=O)NC(C)c3noc(C(F)F)n3)cc12. The van der Waals surface area contributed by atoms with Crippen LogP contribution in [0.1, 0.15) is 47.2 Å². The first-order valence-corrected chi connectivity index (χ1v) is 6.87. The zero-order chi connectivity index (χ0) is 16.6. The number of alkyl halides is 2. The molecular weight excluding hydrogens is 308 g/mol. The van der Waals surface area contributed by atoms with Crippen molar-refractivity contribution in [1.29, 1.82) is 0 Å². The average molecular weight is 321 g/mol. The number of aryl methyl sites for hydroxylation is 1. The van der Waals surface area contributed by atoms with Gasteiger partial charge in [0.15, 0.2) is 11.6 Å². The molecule has 0 aliphatic heterocycles. The van der Waals surface area contributed by atoms with Crippen LogP contribution in [0.25, 0.3) is 11.0 Å². The minimum absolute atomic E-state index is 0.0269. The highest BCUT2D eigenvalue weighted by atomic mass is 19.3. The van der Waals surface area contributed by atoms with E-state index in [1.165, 1.54) is 0 Å². The van der Waals surface area contributed by atoms with Crippen LogP contribution in [0.15, 0.2) is 33.2 Å². The lowest BCUT2D eigenvalue weighted by atomic mass is 10.1. The summed E-state index contributed by atoms with van der Waals surface area (Å²) in [5, 5.41) is 6.85. The second-order valence-corrected chi connectivity index (χ2v) is 5.08. The zero-order valence-corrected chi connectivity index (χ0v) is 12.3. The minimum Gasteiger partial charge on any atom is -0.451 e. The molecular formula is C15H13F2N3O3. The molecule has 3 aromatic rings. The fraction of sp³-hybridized carbons (Fsp3) is 0.267. The van der Waals surface area contributed by atoms with Crippen LogP contribution < -0.4 is 5.32 Å². The van der Waals surface area contributed by atoms with Crippen LogP contribution in [0.5, 0.6) is 0 Å². The third kappa shape index (κ3) is 2.92. The number of fused-ring (bicyclic) bond motifs is 1. The van der Waals surface area contributed by atoms with Gasteiger partial charge in [-0.15, -0.1) is 0 Å². The lowest BCUT2D eigenvalue weighted by Crippen LogP contribution is -2.27. The summed E-state index contributed by atoms with van der Waals surface area (Å²) in [5.74, 6) is -1.17. The largest absolute Gasteiger partial charge is 0.451 e. The number of nitrogens with one attached hydrogen (secondary N) is 1. The first-order chi connectivity index (χ1) is 11.0. The smallest absolute Gasteiger partial charge is 0.315 e. The van der Waals surface area contributed by atoms with E-state index in [1.54, 1.807) is 19.1 Å². The number of halogens is 2. The Kier molecular flexibility index (Phi) is 3.81. The van der Waals surface area contributed by atoms with Gasteiger partial charge in [-0.3, -0.25) is 4.79 Å². The van der Waals surface area contributed by atoms with Crippen LogP contribution in [-0.2, 0) is 0 Å². The third-order valence-corrected chi connectivity index (χ3v) is 3.38. The Bertz CT molecular complexity index is 857. The van der Waals surface area contributed by atoms with Crippen LogP contribution in [-0.4, -0.2) is 16.0 Å². The van der Waals surface area contributed by atoms with Crippen molar-refractivity contribution < 1.29 is 22.5 Å². The summed E-state index contributed by atoms with van der Waals surface area (Å²) in [7, 11) is 0. The standard InChI is InChI=1S/C15H13F2N3O3/c1-7-4-3-5-10-9(7)6-11(22-10)14(21)18-8(2)13-19-15(12(16)17)23-20-13/h3-6,8,12H,1-2H3,(H,18,21). The Balaban J connectivity index is 1.78. The molecule has 120 valence electrons. The highest BCUT2D eigenvalue weighted by Crippen LogP contribution is 2.23. The summed E-state index contributed by atoms with van der Waals surface area (Å²) >= 11 is 0. The third-order valence-electron chi connectivity index (χ3n) is 3.38. The van der Waals surface area contributed by atoms with Crippen LogP contribution in [0, 0.1) is 6.92 Å². The highest BCUT2D eigenvalue weighted by Gasteiger charge is 2.22. The number of rotatable bonds is 4. The Hall–Kier alpha value is -2.77. The number of aromatic nitrogens is 2. The molecule has 1 atom stereocenters. The van der Waals surface area contributed by atoms with Gasteiger partial charge in [0.2, 0.25) is 0 Å². The van der Waals surface area contributed by atoms with Crippen LogP contribution >= 0.6 is 0 Å². The maximum Gasteiger partial charge on any atom is 0.315 e. The maximum atomic E-state index is 12.4. The molecule has 0 aliphatic carbocycles. The predicted molar refractivity (Wildman–Crippen MR) is 76.1 cm³/mol. The van der Waals surface area contributed by atoms with Gasteiger partial charge in [-0.25, -0.2) is 0 Å². The van der Waals surface area contributed by atoms with E-state index in [0.717, 1.165) is 10.9 Å². The van der Waals surface area contributed by atoms with Gasteiger partial charge >= 0.3 is 6.43 Å². The Morgan fingerprint density at radius 2 is 2.13 bits per heavy atom. The van der Waals surface area contributed by atoms with E-state index in [0.29, 0.717) is 5.58 Å². The van der Waals surface area contributed by atoms with E-state index < -0.39 is 24.3 Å². The van der Waals surface area contributed by atoms with Crippen molar-refractivity contribution in [3.8, 4) is 0 Å². The molecule has 1 N–H and O–H groups in total. The number of furan rings is 1. The molecule has 0 saturated carbocycles. The van der Waals surface area contributed by atoms with Crippen molar-refractivity contribution in [2.24, 2.45) is 0 Å². The number of carbonyl (C=O) groups excluding carboxylic acids is 1. The Morgan fingerprint density at radius 3 is 2.78 bits per heavy atom. The molecule has 0 fully saturated rings. The van der Waals surface area contributed by atoms with Crippen molar-refractivity contribution >= 4 is 16.9 Å². The second-order valence-electron chi connectivity index (χ2n) is 5.08. The van der Waals surface area contributed by atoms with Crippen molar-refractivity contribution in [3.05, 3.63) is 47.3 Å². The molecule has 0 spiro atoms. The van der Waals surface area contributed by atoms with Crippen LogP contribution in [0.3, 0.4) is 0 Å². The lowest BCUT2D eigenvalue weighted by Gasteiger charge is -2.07. The molecule has 8 heteroatoms. The first kappa shape index (κ1) is 15.1. The highest BCUT2D eigenvalue weighted by molar-refractivity contribution is 5.96. The minimum atomic E-state index is -2.85. The average Bonchev–Trinajstić information content (AvgIpc) is 3.15. The fourth-order valence-electron chi connectivity index (χ4n) is 2.16. The maximum absolute atomic E-state index is 12.4. The molecule has 1 amide bonds. The lowest BCUT2D eigenvalue weighted by molar-refractivity contribution is 0.0911. The zero-order valence-electron chi connectivity index (χ0n) is 12.3. The molecule has 0 radical (unpaired) electrons. The van der Waals surface area contributed by atoms with Crippen LogP contribution in [0.2, 0.25) is 0 Å². The van der Waals surface area contributed by atoms with Crippen molar-refractivity contribution in [2.75, 3.05) is 0 Å². The number of benzene rings is 1. The molecule has 0 saturated heterocycles. The number of hydrogen-bond donors (Lipinski definition) is 1. The Morgan fingerprint density at radius 1 is 1.35 bits per heavy atom. The van der Waals surface area contributed by atoms with E-state index in [9.17, 15) is 13.6 Å². The molecule has 1 aromatic carbocycles. The van der Waals surface area contributed by atoms with Gasteiger partial charge in [0, 0.05) is 5.39 Å². The van der Waals surface area contributed by atoms with E-state index in [4.69, 9.17) is 4.42 Å². The summed E-state index contributed by atoms with van der Waals surface area (Å²) in [6.45, 7) is 3.47. The topological polar surface area (TPSA) is 81.2 Å². The van der Waals surface area contributed by atoms with E-state index >= 15 is 0 Å². The van der Waals surface area contributed by atoms with Crippen molar-refractivity contribution in [2.45, 2.75) is 26.3 Å². The van der Waals surface area contributed by atoms with Gasteiger partial charge in [-0.1, -0.05) is 17.3 Å². The number of amides is 1. The molecule has 23 heavy (non-hydrogen) atoms. The number of carbonyl (C=O) groups is 1. The van der Waals surface area contributed by atoms with Gasteiger partial charge in [-0.05, 0) is 31.5 Å². The number of nitrogens with zero attached hydrogens (tertiary/aromatic N) is 2. The fourth-order valence-corrected chi connectivity index (χ4v) is 2.16. The second kappa shape index (κ2) is 5.79. The van der Waals surface area contributed by atoms with Crippen molar-refractivity contribution in [1.82, 2.24) is 15.5 Å². The van der Waals surface area contributed by atoms with Gasteiger partial charge < -0.3 is 14.3 Å². The molecule has 2 aromatic heterocycles.